The lowest BCUT2D eigenvalue weighted by atomic mass is 10.2. The lowest BCUT2D eigenvalue weighted by Gasteiger charge is -2.27. The normalized spacial score (nSPS) is 14.9. The Hall–Kier alpha value is -3.27. The molecule has 0 spiro atoms. The molecule has 1 fully saturated rings. The second-order valence-electron chi connectivity index (χ2n) is 8.05. The SMILES string of the molecule is Cc1cccc(NC(=O)c2cccnc2SC(NC(=O)CN2CCNCC2)c2ccncc2)c1. The van der Waals surface area contributed by atoms with Crippen LogP contribution in [0.15, 0.2) is 72.1 Å². The van der Waals surface area contributed by atoms with Crippen LogP contribution in [-0.2, 0) is 4.79 Å². The van der Waals surface area contributed by atoms with Crippen molar-refractivity contribution in [3.63, 3.8) is 0 Å². The molecule has 1 unspecified atom stereocenters. The highest BCUT2D eigenvalue weighted by molar-refractivity contribution is 7.99. The summed E-state index contributed by atoms with van der Waals surface area (Å²) < 4.78 is 0. The van der Waals surface area contributed by atoms with E-state index in [0.29, 0.717) is 17.1 Å². The van der Waals surface area contributed by atoms with Crippen LogP contribution in [0.2, 0.25) is 0 Å². The standard InChI is InChI=1S/C25H28N6O2S/c1-18-4-2-5-20(16-18)29-23(33)21-6-3-9-28-25(21)34-24(19-7-10-26-11-8-19)30-22(32)17-31-14-12-27-13-15-31/h2-11,16,24,27H,12-15,17H2,1H3,(H,29,33)(H,30,32). The van der Waals surface area contributed by atoms with Crippen molar-refractivity contribution in [2.75, 3.05) is 38.0 Å². The van der Waals surface area contributed by atoms with Crippen LogP contribution >= 0.6 is 11.8 Å². The minimum atomic E-state index is -0.418. The molecule has 1 saturated heterocycles. The third-order valence-electron chi connectivity index (χ3n) is 5.40. The summed E-state index contributed by atoms with van der Waals surface area (Å²) in [6.45, 7) is 5.73. The first-order chi connectivity index (χ1) is 16.6. The predicted molar refractivity (Wildman–Crippen MR) is 134 cm³/mol. The minimum absolute atomic E-state index is 0.0714. The van der Waals surface area contributed by atoms with E-state index in [1.165, 1.54) is 11.8 Å². The number of piperazine rings is 1. The van der Waals surface area contributed by atoms with Crippen molar-refractivity contribution in [2.24, 2.45) is 0 Å². The number of aromatic nitrogens is 2. The Morgan fingerprint density at radius 2 is 1.88 bits per heavy atom. The molecule has 8 nitrogen and oxygen atoms in total. The summed E-state index contributed by atoms with van der Waals surface area (Å²) in [4.78, 5) is 36.6. The van der Waals surface area contributed by atoms with Gasteiger partial charge in [0.05, 0.1) is 12.1 Å². The Balaban J connectivity index is 1.52. The molecule has 1 atom stereocenters. The van der Waals surface area contributed by atoms with Crippen LogP contribution in [0.1, 0.15) is 26.9 Å². The fourth-order valence-electron chi connectivity index (χ4n) is 3.67. The van der Waals surface area contributed by atoms with Crippen LogP contribution in [0.25, 0.3) is 0 Å². The number of nitrogens with one attached hydrogen (secondary N) is 3. The van der Waals surface area contributed by atoms with Gasteiger partial charge < -0.3 is 16.0 Å². The molecule has 0 radical (unpaired) electrons. The van der Waals surface area contributed by atoms with Gasteiger partial charge in [-0.2, -0.15) is 0 Å². The van der Waals surface area contributed by atoms with E-state index in [1.807, 2.05) is 43.3 Å². The number of pyridine rings is 2. The van der Waals surface area contributed by atoms with Gasteiger partial charge in [0.2, 0.25) is 5.91 Å². The third kappa shape index (κ3) is 6.63. The minimum Gasteiger partial charge on any atom is -0.339 e. The lowest BCUT2D eigenvalue weighted by molar-refractivity contribution is -0.122. The maximum atomic E-state index is 13.1. The molecule has 2 aromatic heterocycles. The molecule has 4 rings (SSSR count). The van der Waals surface area contributed by atoms with E-state index >= 15 is 0 Å². The summed E-state index contributed by atoms with van der Waals surface area (Å²) >= 11 is 1.34. The highest BCUT2D eigenvalue weighted by Crippen LogP contribution is 2.34. The van der Waals surface area contributed by atoms with Gasteiger partial charge in [-0.1, -0.05) is 23.9 Å². The maximum Gasteiger partial charge on any atom is 0.258 e. The fraction of sp³-hybridized carbons (Fsp3) is 0.280. The zero-order valence-corrected chi connectivity index (χ0v) is 19.8. The van der Waals surface area contributed by atoms with Gasteiger partial charge in [-0.15, -0.1) is 0 Å². The summed E-state index contributed by atoms with van der Waals surface area (Å²) in [5.41, 5.74) is 3.11. The highest BCUT2D eigenvalue weighted by Gasteiger charge is 2.22. The summed E-state index contributed by atoms with van der Waals surface area (Å²) in [6, 6.07) is 14.8. The zero-order chi connectivity index (χ0) is 23.8. The first-order valence-electron chi connectivity index (χ1n) is 11.2. The van der Waals surface area contributed by atoms with Gasteiger partial charge in [0.15, 0.2) is 0 Å². The number of carbonyl (C=O) groups excluding carboxylic acids is 2. The molecule has 2 amide bonds. The van der Waals surface area contributed by atoms with E-state index in [4.69, 9.17) is 0 Å². The van der Waals surface area contributed by atoms with Crippen LogP contribution in [0.5, 0.6) is 0 Å². The molecular formula is C25H28N6O2S. The Bertz CT molecular complexity index is 1120. The number of nitrogens with zero attached hydrogens (tertiary/aromatic N) is 3. The van der Waals surface area contributed by atoms with Crippen molar-refractivity contribution in [1.29, 1.82) is 0 Å². The number of hydrogen-bond donors (Lipinski definition) is 3. The van der Waals surface area contributed by atoms with Gasteiger partial charge in [-0.25, -0.2) is 4.98 Å². The monoisotopic (exact) mass is 476 g/mol. The van der Waals surface area contributed by atoms with E-state index in [-0.39, 0.29) is 11.8 Å². The molecule has 3 heterocycles. The Morgan fingerprint density at radius 3 is 2.65 bits per heavy atom. The number of carbonyl (C=O) groups is 2. The number of aryl methyl sites for hydroxylation is 1. The van der Waals surface area contributed by atoms with E-state index in [0.717, 1.165) is 43.0 Å². The topological polar surface area (TPSA) is 99.2 Å². The van der Waals surface area contributed by atoms with Crippen molar-refractivity contribution in [1.82, 2.24) is 25.5 Å². The zero-order valence-electron chi connectivity index (χ0n) is 19.0. The van der Waals surface area contributed by atoms with Crippen molar-refractivity contribution in [2.45, 2.75) is 17.3 Å². The van der Waals surface area contributed by atoms with Crippen molar-refractivity contribution in [3.05, 3.63) is 83.8 Å². The molecule has 1 aromatic carbocycles. The van der Waals surface area contributed by atoms with E-state index in [2.05, 4.69) is 30.8 Å². The van der Waals surface area contributed by atoms with Crippen molar-refractivity contribution in [3.8, 4) is 0 Å². The van der Waals surface area contributed by atoms with E-state index in [1.54, 1.807) is 30.7 Å². The van der Waals surface area contributed by atoms with E-state index in [9.17, 15) is 9.59 Å². The number of rotatable bonds is 8. The van der Waals surface area contributed by atoms with Gasteiger partial charge in [-0.05, 0) is 54.4 Å². The maximum absolute atomic E-state index is 13.1. The highest BCUT2D eigenvalue weighted by atomic mass is 32.2. The van der Waals surface area contributed by atoms with Gasteiger partial charge >= 0.3 is 0 Å². The average Bonchev–Trinajstić information content (AvgIpc) is 2.85. The van der Waals surface area contributed by atoms with Crippen molar-refractivity contribution >= 4 is 29.3 Å². The summed E-state index contributed by atoms with van der Waals surface area (Å²) in [5, 5.41) is 9.48. The summed E-state index contributed by atoms with van der Waals surface area (Å²) in [6.07, 6.45) is 5.03. The van der Waals surface area contributed by atoms with E-state index < -0.39 is 5.37 Å². The van der Waals surface area contributed by atoms with Gasteiger partial charge in [-0.3, -0.25) is 19.5 Å². The largest absolute Gasteiger partial charge is 0.339 e. The summed E-state index contributed by atoms with van der Waals surface area (Å²) in [5.74, 6) is -0.320. The van der Waals surface area contributed by atoms with Gasteiger partial charge in [0.25, 0.3) is 5.91 Å². The third-order valence-corrected chi connectivity index (χ3v) is 6.57. The Kier molecular flexibility index (Phi) is 8.24. The predicted octanol–water partition coefficient (Wildman–Crippen LogP) is 2.85. The van der Waals surface area contributed by atoms with Crippen LogP contribution in [-0.4, -0.2) is 59.4 Å². The quantitative estimate of drug-likeness (QED) is 0.340. The van der Waals surface area contributed by atoms with Crippen LogP contribution in [0.3, 0.4) is 0 Å². The number of amides is 2. The molecule has 0 saturated carbocycles. The molecule has 3 N–H and O–H groups in total. The number of thioether (sulfide) groups is 1. The summed E-state index contributed by atoms with van der Waals surface area (Å²) in [7, 11) is 0. The van der Waals surface area contributed by atoms with Crippen LogP contribution < -0.4 is 16.0 Å². The molecule has 1 aliphatic rings. The molecule has 9 heteroatoms. The molecular weight excluding hydrogens is 448 g/mol. The molecule has 34 heavy (non-hydrogen) atoms. The second-order valence-corrected chi connectivity index (χ2v) is 9.15. The number of hydrogen-bond acceptors (Lipinski definition) is 7. The van der Waals surface area contributed by atoms with Crippen molar-refractivity contribution < 1.29 is 9.59 Å². The average molecular weight is 477 g/mol. The first kappa shape index (κ1) is 23.9. The van der Waals surface area contributed by atoms with Gasteiger partial charge in [0.1, 0.15) is 10.4 Å². The molecule has 176 valence electrons. The number of benzene rings is 1. The second kappa shape index (κ2) is 11.7. The molecule has 0 aliphatic carbocycles. The Morgan fingerprint density at radius 1 is 1.09 bits per heavy atom. The van der Waals surface area contributed by atoms with Gasteiger partial charge in [0, 0.05) is 50.5 Å². The smallest absolute Gasteiger partial charge is 0.258 e. The Labute approximate surface area is 203 Å². The number of anilines is 1. The lowest BCUT2D eigenvalue weighted by Crippen LogP contribution is -2.47. The molecule has 0 bridgehead atoms. The molecule has 3 aromatic rings. The fourth-order valence-corrected chi connectivity index (χ4v) is 4.79. The molecule has 1 aliphatic heterocycles. The van der Waals surface area contributed by atoms with Crippen LogP contribution in [0.4, 0.5) is 5.69 Å². The van der Waals surface area contributed by atoms with Crippen LogP contribution in [0, 0.1) is 6.92 Å². The first-order valence-corrected chi connectivity index (χ1v) is 12.1.